The van der Waals surface area contributed by atoms with Crippen LogP contribution in [0.15, 0.2) is 47.1 Å². The van der Waals surface area contributed by atoms with Crippen molar-refractivity contribution >= 4 is 26.7 Å². The predicted octanol–water partition coefficient (Wildman–Crippen LogP) is 3.44. The van der Waals surface area contributed by atoms with Crippen LogP contribution in [0.1, 0.15) is 31.5 Å². The van der Waals surface area contributed by atoms with Crippen LogP contribution in [-0.4, -0.2) is 56.3 Å². The third-order valence-corrected chi connectivity index (χ3v) is 6.70. The predicted molar refractivity (Wildman–Crippen MR) is 117 cm³/mol. The van der Waals surface area contributed by atoms with Crippen molar-refractivity contribution in [1.82, 2.24) is 30.1 Å². The Balaban J connectivity index is 1.32. The molecule has 0 N–H and O–H groups in total. The summed E-state index contributed by atoms with van der Waals surface area (Å²) in [6.07, 6.45) is 1.68. The van der Waals surface area contributed by atoms with Crippen LogP contribution >= 0.6 is 11.3 Å². The van der Waals surface area contributed by atoms with Crippen LogP contribution < -0.4 is 4.90 Å². The highest BCUT2D eigenvalue weighted by Crippen LogP contribution is 2.32. The molecule has 1 saturated heterocycles. The summed E-state index contributed by atoms with van der Waals surface area (Å²) in [5.41, 5.74) is 1.08. The summed E-state index contributed by atoms with van der Waals surface area (Å²) < 4.78 is 8.60. The van der Waals surface area contributed by atoms with Gasteiger partial charge in [-0.05, 0) is 40.6 Å². The van der Waals surface area contributed by atoms with Crippen molar-refractivity contribution in [3.05, 3.63) is 54.2 Å². The fourth-order valence-corrected chi connectivity index (χ4v) is 5.17. The van der Waals surface area contributed by atoms with Crippen LogP contribution in [0.25, 0.3) is 10.2 Å². The van der Waals surface area contributed by atoms with E-state index in [1.807, 2.05) is 22.9 Å². The van der Waals surface area contributed by atoms with E-state index < -0.39 is 0 Å². The molecule has 1 aliphatic rings. The number of piperazine rings is 1. The minimum absolute atomic E-state index is 0.160. The highest BCUT2D eigenvalue weighted by molar-refractivity contribution is 7.22. The zero-order valence-corrected chi connectivity index (χ0v) is 18.0. The van der Waals surface area contributed by atoms with Crippen LogP contribution in [0.3, 0.4) is 0 Å². The third kappa shape index (κ3) is 3.70. The number of rotatable bonds is 6. The zero-order chi connectivity index (χ0) is 20.5. The number of thiazole rings is 1. The van der Waals surface area contributed by atoms with Crippen molar-refractivity contribution in [3.63, 3.8) is 0 Å². The Labute approximate surface area is 179 Å². The van der Waals surface area contributed by atoms with E-state index in [1.54, 1.807) is 17.6 Å². The zero-order valence-electron chi connectivity index (χ0n) is 17.2. The summed E-state index contributed by atoms with van der Waals surface area (Å²) in [5.74, 6) is 2.14. The first kappa shape index (κ1) is 19.2. The van der Waals surface area contributed by atoms with E-state index in [-0.39, 0.29) is 6.04 Å². The summed E-state index contributed by atoms with van der Waals surface area (Å²) in [7, 11) is 0. The number of nitrogens with zero attached hydrogens (tertiary/aromatic N) is 7. The van der Waals surface area contributed by atoms with E-state index >= 15 is 0 Å². The third-order valence-electron chi connectivity index (χ3n) is 5.60. The van der Waals surface area contributed by atoms with Gasteiger partial charge in [0.2, 0.25) is 0 Å². The molecule has 1 aromatic carbocycles. The van der Waals surface area contributed by atoms with Crippen LogP contribution in [0.2, 0.25) is 0 Å². The number of para-hydroxylation sites is 1. The largest absolute Gasteiger partial charge is 0.467 e. The van der Waals surface area contributed by atoms with Crippen molar-refractivity contribution < 1.29 is 4.42 Å². The van der Waals surface area contributed by atoms with Crippen molar-refractivity contribution in [2.24, 2.45) is 5.92 Å². The topological polar surface area (TPSA) is 76.1 Å². The lowest BCUT2D eigenvalue weighted by Gasteiger charge is -2.40. The number of aromatic nitrogens is 5. The average Bonchev–Trinajstić information content (AvgIpc) is 3.50. The fourth-order valence-electron chi connectivity index (χ4n) is 4.16. The minimum atomic E-state index is 0.160. The van der Waals surface area contributed by atoms with Gasteiger partial charge in [-0.3, -0.25) is 4.90 Å². The lowest BCUT2D eigenvalue weighted by atomic mass is 10.0. The second-order valence-electron chi connectivity index (χ2n) is 7.95. The van der Waals surface area contributed by atoms with Crippen molar-refractivity contribution in [2.75, 3.05) is 31.1 Å². The standard InChI is InChI=1S/C21H25N7OS/c1-15(2)19(20-23-24-25-28(20)14-16-6-5-13-29-16)26-9-11-27(12-10-26)21-22-17-7-3-4-8-18(17)30-21/h3-8,13,15,19H,9-12,14H2,1-2H3/t19-/m0/s1. The Bertz CT molecular complexity index is 1060. The Morgan fingerprint density at radius 1 is 1.07 bits per heavy atom. The number of hydrogen-bond donors (Lipinski definition) is 0. The van der Waals surface area contributed by atoms with Gasteiger partial charge in [0.15, 0.2) is 11.0 Å². The summed E-state index contributed by atoms with van der Waals surface area (Å²) >= 11 is 1.77. The molecular formula is C21H25N7OS. The molecule has 4 aromatic rings. The highest BCUT2D eigenvalue weighted by atomic mass is 32.1. The van der Waals surface area contributed by atoms with Crippen molar-refractivity contribution in [2.45, 2.75) is 26.4 Å². The van der Waals surface area contributed by atoms with Gasteiger partial charge in [-0.1, -0.05) is 37.3 Å². The monoisotopic (exact) mass is 423 g/mol. The van der Waals surface area contributed by atoms with E-state index in [4.69, 9.17) is 9.40 Å². The summed E-state index contributed by atoms with van der Waals surface area (Å²) in [5, 5.41) is 13.7. The molecule has 1 fully saturated rings. The number of fused-ring (bicyclic) bond motifs is 1. The van der Waals surface area contributed by atoms with E-state index in [1.165, 1.54) is 4.70 Å². The molecule has 0 spiro atoms. The quantitative estimate of drug-likeness (QED) is 0.470. The first-order valence-corrected chi connectivity index (χ1v) is 11.1. The van der Waals surface area contributed by atoms with Gasteiger partial charge in [0.25, 0.3) is 0 Å². The van der Waals surface area contributed by atoms with Gasteiger partial charge < -0.3 is 9.32 Å². The molecule has 1 atom stereocenters. The fraction of sp³-hybridized carbons (Fsp3) is 0.429. The SMILES string of the molecule is CC(C)[C@@H](c1nnnn1Cc1ccco1)N1CCN(c2nc3ccccc3s2)CC1. The van der Waals surface area contributed by atoms with Crippen LogP contribution in [0, 0.1) is 5.92 Å². The molecule has 4 heterocycles. The number of hydrogen-bond acceptors (Lipinski definition) is 8. The molecule has 0 bridgehead atoms. The van der Waals surface area contributed by atoms with Crippen LogP contribution in [-0.2, 0) is 6.54 Å². The highest BCUT2D eigenvalue weighted by Gasteiger charge is 2.32. The molecule has 3 aromatic heterocycles. The maximum atomic E-state index is 5.49. The van der Waals surface area contributed by atoms with Gasteiger partial charge in [-0.2, -0.15) is 0 Å². The van der Waals surface area contributed by atoms with E-state index in [9.17, 15) is 0 Å². The van der Waals surface area contributed by atoms with E-state index in [0.29, 0.717) is 12.5 Å². The molecule has 156 valence electrons. The van der Waals surface area contributed by atoms with E-state index in [2.05, 4.69) is 57.4 Å². The maximum Gasteiger partial charge on any atom is 0.186 e. The summed E-state index contributed by atoms with van der Waals surface area (Å²) in [4.78, 5) is 9.72. The van der Waals surface area contributed by atoms with Gasteiger partial charge in [-0.25, -0.2) is 9.67 Å². The number of tetrazole rings is 1. The molecule has 0 radical (unpaired) electrons. The summed E-state index contributed by atoms with van der Waals surface area (Å²) in [6.45, 7) is 8.81. The first-order chi connectivity index (χ1) is 14.7. The molecule has 5 rings (SSSR count). The normalized spacial score (nSPS) is 16.6. The molecule has 1 aliphatic heterocycles. The average molecular weight is 424 g/mol. The lowest BCUT2D eigenvalue weighted by molar-refractivity contribution is 0.135. The first-order valence-electron chi connectivity index (χ1n) is 10.3. The van der Waals surface area contributed by atoms with Crippen molar-refractivity contribution in [1.29, 1.82) is 0 Å². The number of furan rings is 1. The second-order valence-corrected chi connectivity index (χ2v) is 8.96. The molecule has 0 saturated carbocycles. The van der Waals surface area contributed by atoms with Gasteiger partial charge in [0.1, 0.15) is 12.3 Å². The Morgan fingerprint density at radius 3 is 2.63 bits per heavy atom. The molecular weight excluding hydrogens is 398 g/mol. The Hall–Kier alpha value is -2.78. The number of benzene rings is 1. The molecule has 0 aliphatic carbocycles. The van der Waals surface area contributed by atoms with Crippen molar-refractivity contribution in [3.8, 4) is 0 Å². The lowest BCUT2D eigenvalue weighted by Crippen LogP contribution is -2.49. The summed E-state index contributed by atoms with van der Waals surface area (Å²) in [6, 6.07) is 12.3. The molecule has 0 unspecified atom stereocenters. The Kier molecular flexibility index (Phi) is 5.22. The van der Waals surface area contributed by atoms with Crippen LogP contribution in [0.5, 0.6) is 0 Å². The van der Waals surface area contributed by atoms with E-state index in [0.717, 1.165) is 48.4 Å². The van der Waals surface area contributed by atoms with Crippen LogP contribution in [0.4, 0.5) is 5.13 Å². The molecule has 0 amide bonds. The van der Waals surface area contributed by atoms with Gasteiger partial charge >= 0.3 is 0 Å². The van der Waals surface area contributed by atoms with Gasteiger partial charge in [0, 0.05) is 26.2 Å². The molecule has 8 nitrogen and oxygen atoms in total. The van der Waals surface area contributed by atoms with Gasteiger partial charge in [-0.15, -0.1) is 5.10 Å². The molecule has 30 heavy (non-hydrogen) atoms. The second kappa shape index (κ2) is 8.16. The minimum Gasteiger partial charge on any atom is -0.467 e. The Morgan fingerprint density at radius 2 is 1.90 bits per heavy atom. The number of anilines is 1. The molecule has 9 heteroatoms. The van der Waals surface area contributed by atoms with Gasteiger partial charge in [0.05, 0.1) is 22.5 Å². The maximum absolute atomic E-state index is 5.49. The smallest absolute Gasteiger partial charge is 0.186 e.